The van der Waals surface area contributed by atoms with Crippen molar-refractivity contribution >= 4 is 11.8 Å². The van der Waals surface area contributed by atoms with Crippen molar-refractivity contribution in [3.8, 4) is 5.75 Å². The first-order valence-corrected chi connectivity index (χ1v) is 8.76. The van der Waals surface area contributed by atoms with E-state index in [-0.39, 0.29) is 23.8 Å². The van der Waals surface area contributed by atoms with Gasteiger partial charge in [0, 0.05) is 11.6 Å². The molecule has 0 spiro atoms. The SMILES string of the molecule is COc1ccc(C(=O)N[C@H](C(=O)NC2CCCCC2)C(C)C)cc1. The van der Waals surface area contributed by atoms with Gasteiger partial charge in [0.05, 0.1) is 7.11 Å². The molecule has 1 saturated carbocycles. The Hall–Kier alpha value is -2.04. The van der Waals surface area contributed by atoms with Crippen LogP contribution < -0.4 is 15.4 Å². The molecule has 1 aromatic rings. The van der Waals surface area contributed by atoms with Crippen molar-refractivity contribution in [1.82, 2.24) is 10.6 Å². The van der Waals surface area contributed by atoms with Crippen molar-refractivity contribution in [3.63, 3.8) is 0 Å². The Morgan fingerprint density at radius 1 is 1.08 bits per heavy atom. The van der Waals surface area contributed by atoms with Crippen molar-refractivity contribution in [1.29, 1.82) is 0 Å². The third-order valence-electron chi connectivity index (χ3n) is 4.54. The zero-order valence-corrected chi connectivity index (χ0v) is 14.8. The van der Waals surface area contributed by atoms with Crippen molar-refractivity contribution in [2.75, 3.05) is 7.11 Å². The zero-order valence-electron chi connectivity index (χ0n) is 14.8. The summed E-state index contributed by atoms with van der Waals surface area (Å²) in [5.41, 5.74) is 0.520. The monoisotopic (exact) mass is 332 g/mol. The first-order valence-electron chi connectivity index (χ1n) is 8.76. The molecule has 0 saturated heterocycles. The number of hydrogen-bond donors (Lipinski definition) is 2. The Morgan fingerprint density at radius 2 is 1.71 bits per heavy atom. The predicted octanol–water partition coefficient (Wildman–Crippen LogP) is 2.90. The Kier molecular flexibility index (Phi) is 6.64. The van der Waals surface area contributed by atoms with E-state index in [0.717, 1.165) is 25.7 Å². The largest absolute Gasteiger partial charge is 0.497 e. The molecule has 2 rings (SSSR count). The normalized spacial score (nSPS) is 16.5. The molecule has 0 radical (unpaired) electrons. The highest BCUT2D eigenvalue weighted by atomic mass is 16.5. The number of benzene rings is 1. The number of amides is 2. The van der Waals surface area contributed by atoms with Crippen LogP contribution in [0.2, 0.25) is 0 Å². The molecule has 0 unspecified atom stereocenters. The maximum Gasteiger partial charge on any atom is 0.251 e. The van der Waals surface area contributed by atoms with Crippen LogP contribution in [0, 0.1) is 5.92 Å². The van der Waals surface area contributed by atoms with Crippen LogP contribution >= 0.6 is 0 Å². The van der Waals surface area contributed by atoms with E-state index in [1.807, 2.05) is 13.8 Å². The first kappa shape index (κ1) is 18.3. The van der Waals surface area contributed by atoms with Crippen LogP contribution in [-0.4, -0.2) is 31.0 Å². The van der Waals surface area contributed by atoms with Crippen molar-refractivity contribution in [2.45, 2.75) is 58.0 Å². The van der Waals surface area contributed by atoms with Crippen LogP contribution in [0.15, 0.2) is 24.3 Å². The summed E-state index contributed by atoms with van der Waals surface area (Å²) in [6.45, 7) is 3.89. The van der Waals surface area contributed by atoms with Gasteiger partial charge in [0.2, 0.25) is 5.91 Å². The Morgan fingerprint density at radius 3 is 2.25 bits per heavy atom. The number of rotatable bonds is 6. The lowest BCUT2D eigenvalue weighted by Crippen LogP contribution is -2.52. The molecule has 1 aliphatic rings. The molecular formula is C19H28N2O3. The number of hydrogen-bond acceptors (Lipinski definition) is 3. The maximum absolute atomic E-state index is 12.6. The minimum absolute atomic E-state index is 0.0239. The van der Waals surface area contributed by atoms with Gasteiger partial charge in [-0.2, -0.15) is 0 Å². The summed E-state index contributed by atoms with van der Waals surface area (Å²) in [7, 11) is 1.58. The third kappa shape index (κ3) is 4.98. The minimum atomic E-state index is -0.526. The topological polar surface area (TPSA) is 67.4 Å². The average molecular weight is 332 g/mol. The Bertz CT molecular complexity index is 548. The molecular weight excluding hydrogens is 304 g/mol. The maximum atomic E-state index is 12.6. The summed E-state index contributed by atoms with van der Waals surface area (Å²) in [4.78, 5) is 25.0. The lowest BCUT2D eigenvalue weighted by atomic mass is 9.94. The molecule has 1 aromatic carbocycles. The van der Waals surface area contributed by atoms with Crippen molar-refractivity contribution in [3.05, 3.63) is 29.8 Å². The number of ether oxygens (including phenoxy) is 1. The van der Waals surface area contributed by atoms with Crippen LogP contribution in [0.4, 0.5) is 0 Å². The van der Waals surface area contributed by atoms with E-state index in [1.54, 1.807) is 31.4 Å². The molecule has 2 amide bonds. The highest BCUT2D eigenvalue weighted by Crippen LogP contribution is 2.18. The molecule has 0 aliphatic heterocycles. The highest BCUT2D eigenvalue weighted by molar-refractivity contribution is 5.97. The molecule has 24 heavy (non-hydrogen) atoms. The van der Waals surface area contributed by atoms with Crippen LogP contribution in [0.25, 0.3) is 0 Å². The number of nitrogens with one attached hydrogen (secondary N) is 2. The van der Waals surface area contributed by atoms with Crippen molar-refractivity contribution < 1.29 is 14.3 Å². The number of methoxy groups -OCH3 is 1. The molecule has 1 aliphatic carbocycles. The van der Waals surface area contributed by atoms with Gasteiger partial charge in [-0.25, -0.2) is 0 Å². The minimum Gasteiger partial charge on any atom is -0.497 e. The quantitative estimate of drug-likeness (QED) is 0.842. The average Bonchev–Trinajstić information content (AvgIpc) is 2.60. The van der Waals surface area contributed by atoms with E-state index in [9.17, 15) is 9.59 Å². The molecule has 5 heteroatoms. The fourth-order valence-electron chi connectivity index (χ4n) is 3.04. The van der Waals surface area contributed by atoms with E-state index in [2.05, 4.69) is 10.6 Å². The smallest absolute Gasteiger partial charge is 0.251 e. The fourth-order valence-corrected chi connectivity index (χ4v) is 3.04. The van der Waals surface area contributed by atoms with Crippen LogP contribution in [0.5, 0.6) is 5.75 Å². The van der Waals surface area contributed by atoms with Gasteiger partial charge in [0.15, 0.2) is 0 Å². The summed E-state index contributed by atoms with van der Waals surface area (Å²) in [5.74, 6) is 0.395. The van der Waals surface area contributed by atoms with Gasteiger partial charge in [0.1, 0.15) is 11.8 Å². The standard InChI is InChI=1S/C19H28N2O3/c1-13(2)17(19(23)20-15-7-5-4-6-8-15)21-18(22)14-9-11-16(24-3)12-10-14/h9-13,15,17H,4-8H2,1-3H3,(H,20,23)(H,21,22)/t17-/m0/s1. The van der Waals surface area contributed by atoms with Gasteiger partial charge >= 0.3 is 0 Å². The van der Waals surface area contributed by atoms with Gasteiger partial charge in [-0.05, 0) is 43.0 Å². The fraction of sp³-hybridized carbons (Fsp3) is 0.579. The van der Waals surface area contributed by atoms with E-state index in [0.29, 0.717) is 11.3 Å². The molecule has 0 aromatic heterocycles. The van der Waals surface area contributed by atoms with Crippen LogP contribution in [0.1, 0.15) is 56.3 Å². The van der Waals surface area contributed by atoms with Gasteiger partial charge in [-0.15, -0.1) is 0 Å². The lowest BCUT2D eigenvalue weighted by molar-refractivity contribution is -0.124. The van der Waals surface area contributed by atoms with Crippen LogP contribution in [-0.2, 0) is 4.79 Å². The second kappa shape index (κ2) is 8.71. The summed E-state index contributed by atoms with van der Waals surface area (Å²) in [5, 5.41) is 5.97. The third-order valence-corrected chi connectivity index (χ3v) is 4.54. The van der Waals surface area contributed by atoms with Gasteiger partial charge in [-0.1, -0.05) is 33.1 Å². The summed E-state index contributed by atoms with van der Waals surface area (Å²) >= 11 is 0. The van der Waals surface area contributed by atoms with E-state index in [4.69, 9.17) is 4.74 Å². The van der Waals surface area contributed by atoms with Crippen molar-refractivity contribution in [2.24, 2.45) is 5.92 Å². The molecule has 1 atom stereocenters. The van der Waals surface area contributed by atoms with Gasteiger partial charge in [0.25, 0.3) is 5.91 Å². The number of carbonyl (C=O) groups excluding carboxylic acids is 2. The molecule has 1 fully saturated rings. The highest BCUT2D eigenvalue weighted by Gasteiger charge is 2.27. The molecule has 5 nitrogen and oxygen atoms in total. The van der Waals surface area contributed by atoms with E-state index >= 15 is 0 Å². The second-order valence-electron chi connectivity index (χ2n) is 6.77. The Labute approximate surface area is 144 Å². The zero-order chi connectivity index (χ0) is 17.5. The van der Waals surface area contributed by atoms with Crippen LogP contribution in [0.3, 0.4) is 0 Å². The second-order valence-corrected chi connectivity index (χ2v) is 6.77. The molecule has 0 heterocycles. The Balaban J connectivity index is 1.98. The summed E-state index contributed by atoms with van der Waals surface area (Å²) < 4.78 is 5.10. The summed E-state index contributed by atoms with van der Waals surface area (Å²) in [6, 6.07) is 6.59. The summed E-state index contributed by atoms with van der Waals surface area (Å²) in [6.07, 6.45) is 5.63. The first-order chi connectivity index (χ1) is 11.5. The predicted molar refractivity (Wildman–Crippen MR) is 94.1 cm³/mol. The lowest BCUT2D eigenvalue weighted by Gasteiger charge is -2.27. The van der Waals surface area contributed by atoms with E-state index in [1.165, 1.54) is 6.42 Å². The van der Waals surface area contributed by atoms with Gasteiger partial charge in [-0.3, -0.25) is 9.59 Å². The molecule has 132 valence electrons. The number of carbonyl (C=O) groups is 2. The molecule has 2 N–H and O–H groups in total. The van der Waals surface area contributed by atoms with E-state index < -0.39 is 6.04 Å². The van der Waals surface area contributed by atoms with Gasteiger partial charge < -0.3 is 15.4 Å². The molecule has 0 bridgehead atoms.